The summed E-state index contributed by atoms with van der Waals surface area (Å²) < 4.78 is 4.96. The third kappa shape index (κ3) is 1.90. The fourth-order valence-corrected chi connectivity index (χ4v) is 1.17. The topological polar surface area (TPSA) is 69.9 Å². The van der Waals surface area contributed by atoms with E-state index in [0.717, 1.165) is 0 Å². The van der Waals surface area contributed by atoms with Gasteiger partial charge in [-0.2, -0.15) is 0 Å². The van der Waals surface area contributed by atoms with E-state index in [0.29, 0.717) is 6.42 Å². The normalized spacial score (nSPS) is 45.8. The standard InChI is InChI=1S/C7H14O4/c1-4-6(9)2-5(3-8)11-7(4)10/h4-10H,2-3H2,1H3/t4?,5-,6-,7+/m0/s1. The molecule has 0 radical (unpaired) electrons. The highest BCUT2D eigenvalue weighted by atomic mass is 16.6. The average molecular weight is 162 g/mol. The lowest BCUT2D eigenvalue weighted by atomic mass is 9.95. The molecule has 0 saturated carbocycles. The van der Waals surface area contributed by atoms with Gasteiger partial charge in [-0.1, -0.05) is 6.92 Å². The Kier molecular flexibility index (Phi) is 2.84. The van der Waals surface area contributed by atoms with Gasteiger partial charge in [-0.05, 0) is 0 Å². The van der Waals surface area contributed by atoms with Crippen LogP contribution in [0.3, 0.4) is 0 Å². The first kappa shape index (κ1) is 8.93. The third-order valence-corrected chi connectivity index (χ3v) is 2.10. The summed E-state index contributed by atoms with van der Waals surface area (Å²) in [5.41, 5.74) is 0. The molecule has 0 bridgehead atoms. The molecule has 1 fully saturated rings. The minimum atomic E-state index is -0.948. The molecule has 4 nitrogen and oxygen atoms in total. The average Bonchev–Trinajstić information content (AvgIpc) is 1.99. The van der Waals surface area contributed by atoms with Crippen LogP contribution in [0.5, 0.6) is 0 Å². The molecule has 0 amide bonds. The fourth-order valence-electron chi connectivity index (χ4n) is 1.17. The van der Waals surface area contributed by atoms with E-state index in [9.17, 15) is 5.11 Å². The Hall–Kier alpha value is -0.160. The molecule has 0 aromatic heterocycles. The molecule has 4 atom stereocenters. The van der Waals surface area contributed by atoms with Gasteiger partial charge in [0.15, 0.2) is 6.29 Å². The van der Waals surface area contributed by atoms with Gasteiger partial charge in [0.2, 0.25) is 0 Å². The first-order chi connectivity index (χ1) is 5.15. The molecule has 1 aliphatic heterocycles. The molecular formula is C7H14O4. The van der Waals surface area contributed by atoms with Gasteiger partial charge in [0.05, 0.1) is 18.8 Å². The molecule has 1 heterocycles. The summed E-state index contributed by atoms with van der Waals surface area (Å²) in [4.78, 5) is 0. The first-order valence-corrected chi connectivity index (χ1v) is 3.77. The predicted octanol–water partition coefficient (Wildman–Crippen LogP) is -0.917. The Morgan fingerprint density at radius 1 is 1.45 bits per heavy atom. The highest BCUT2D eigenvalue weighted by Crippen LogP contribution is 2.23. The zero-order valence-electron chi connectivity index (χ0n) is 6.47. The predicted molar refractivity (Wildman–Crippen MR) is 37.8 cm³/mol. The second-order valence-corrected chi connectivity index (χ2v) is 2.99. The smallest absolute Gasteiger partial charge is 0.160 e. The maximum absolute atomic E-state index is 9.30. The largest absolute Gasteiger partial charge is 0.394 e. The zero-order chi connectivity index (χ0) is 8.43. The van der Waals surface area contributed by atoms with Crippen molar-refractivity contribution < 1.29 is 20.1 Å². The Morgan fingerprint density at radius 3 is 2.55 bits per heavy atom. The summed E-state index contributed by atoms with van der Waals surface area (Å²) in [5.74, 6) is -0.266. The van der Waals surface area contributed by atoms with Crippen LogP contribution >= 0.6 is 0 Å². The summed E-state index contributed by atoms with van der Waals surface area (Å²) in [6.45, 7) is 1.56. The van der Waals surface area contributed by atoms with E-state index >= 15 is 0 Å². The summed E-state index contributed by atoms with van der Waals surface area (Å²) in [6, 6.07) is 0. The molecule has 3 N–H and O–H groups in total. The van der Waals surface area contributed by atoms with E-state index < -0.39 is 18.5 Å². The molecule has 0 spiro atoms. The van der Waals surface area contributed by atoms with Crippen molar-refractivity contribution in [1.82, 2.24) is 0 Å². The van der Waals surface area contributed by atoms with Crippen LogP contribution in [0.25, 0.3) is 0 Å². The first-order valence-electron chi connectivity index (χ1n) is 3.77. The lowest BCUT2D eigenvalue weighted by molar-refractivity contribution is -0.226. The highest BCUT2D eigenvalue weighted by molar-refractivity contribution is 4.77. The van der Waals surface area contributed by atoms with Crippen molar-refractivity contribution in [3.63, 3.8) is 0 Å². The summed E-state index contributed by atoms with van der Waals surface area (Å²) in [5, 5.41) is 27.1. The van der Waals surface area contributed by atoms with Gasteiger partial charge in [0.25, 0.3) is 0 Å². The van der Waals surface area contributed by atoms with Crippen LogP contribution in [-0.2, 0) is 4.74 Å². The summed E-state index contributed by atoms with van der Waals surface area (Å²) in [6.07, 6.45) is -1.54. The number of ether oxygens (including phenoxy) is 1. The maximum Gasteiger partial charge on any atom is 0.160 e. The van der Waals surface area contributed by atoms with Crippen LogP contribution in [-0.4, -0.2) is 40.4 Å². The summed E-state index contributed by atoms with van der Waals surface area (Å²) >= 11 is 0. The van der Waals surface area contributed by atoms with Gasteiger partial charge >= 0.3 is 0 Å². The molecule has 0 aliphatic carbocycles. The Balaban J connectivity index is 2.47. The van der Waals surface area contributed by atoms with E-state index in [4.69, 9.17) is 14.9 Å². The van der Waals surface area contributed by atoms with E-state index in [2.05, 4.69) is 0 Å². The Bertz CT molecular complexity index is 116. The van der Waals surface area contributed by atoms with Crippen LogP contribution in [0.4, 0.5) is 0 Å². The number of hydrogen-bond acceptors (Lipinski definition) is 4. The number of rotatable bonds is 1. The third-order valence-electron chi connectivity index (χ3n) is 2.10. The van der Waals surface area contributed by atoms with Gasteiger partial charge in [-0.15, -0.1) is 0 Å². The SMILES string of the molecule is CC1[C@H](O)O[C@H](CO)C[C@@H]1O. The number of aliphatic hydroxyl groups is 3. The van der Waals surface area contributed by atoms with Gasteiger partial charge < -0.3 is 20.1 Å². The number of hydrogen-bond donors (Lipinski definition) is 3. The van der Waals surface area contributed by atoms with Gasteiger partial charge in [-0.3, -0.25) is 0 Å². The van der Waals surface area contributed by atoms with Crippen molar-refractivity contribution in [3.8, 4) is 0 Å². The van der Waals surface area contributed by atoms with Crippen LogP contribution < -0.4 is 0 Å². The monoisotopic (exact) mass is 162 g/mol. The number of aliphatic hydroxyl groups excluding tert-OH is 3. The Morgan fingerprint density at radius 2 is 2.09 bits per heavy atom. The quantitative estimate of drug-likeness (QED) is 0.466. The Labute approximate surface area is 65.4 Å². The highest BCUT2D eigenvalue weighted by Gasteiger charge is 2.33. The van der Waals surface area contributed by atoms with Gasteiger partial charge in [0.1, 0.15) is 0 Å². The molecule has 4 heteroatoms. The van der Waals surface area contributed by atoms with E-state index in [1.807, 2.05) is 0 Å². The maximum atomic E-state index is 9.30. The van der Waals surface area contributed by atoms with Crippen molar-refractivity contribution in [2.75, 3.05) is 6.61 Å². The lowest BCUT2D eigenvalue weighted by Crippen LogP contribution is -2.43. The van der Waals surface area contributed by atoms with Crippen molar-refractivity contribution in [2.45, 2.75) is 31.8 Å². The van der Waals surface area contributed by atoms with E-state index in [1.54, 1.807) is 6.92 Å². The minimum Gasteiger partial charge on any atom is -0.394 e. The van der Waals surface area contributed by atoms with Crippen molar-refractivity contribution in [2.24, 2.45) is 5.92 Å². The molecule has 1 saturated heterocycles. The van der Waals surface area contributed by atoms with Gasteiger partial charge in [0, 0.05) is 12.3 Å². The molecular weight excluding hydrogens is 148 g/mol. The summed E-state index contributed by atoms with van der Waals surface area (Å²) in [7, 11) is 0. The lowest BCUT2D eigenvalue weighted by Gasteiger charge is -2.34. The minimum absolute atomic E-state index is 0.152. The fraction of sp³-hybridized carbons (Fsp3) is 1.00. The van der Waals surface area contributed by atoms with Crippen molar-refractivity contribution in [1.29, 1.82) is 0 Å². The molecule has 1 aliphatic rings. The molecule has 1 unspecified atom stereocenters. The molecule has 11 heavy (non-hydrogen) atoms. The van der Waals surface area contributed by atoms with Crippen LogP contribution in [0.1, 0.15) is 13.3 Å². The zero-order valence-corrected chi connectivity index (χ0v) is 6.47. The van der Waals surface area contributed by atoms with Crippen molar-refractivity contribution in [3.05, 3.63) is 0 Å². The van der Waals surface area contributed by atoms with Crippen LogP contribution in [0.2, 0.25) is 0 Å². The second-order valence-electron chi connectivity index (χ2n) is 2.99. The van der Waals surface area contributed by atoms with Crippen molar-refractivity contribution >= 4 is 0 Å². The van der Waals surface area contributed by atoms with Crippen LogP contribution in [0.15, 0.2) is 0 Å². The van der Waals surface area contributed by atoms with Gasteiger partial charge in [-0.25, -0.2) is 0 Å². The molecule has 0 aromatic rings. The van der Waals surface area contributed by atoms with E-state index in [-0.39, 0.29) is 12.5 Å². The molecule has 1 rings (SSSR count). The molecule has 66 valence electrons. The van der Waals surface area contributed by atoms with E-state index in [1.165, 1.54) is 0 Å². The molecule has 0 aromatic carbocycles. The second kappa shape index (κ2) is 3.49. The van der Waals surface area contributed by atoms with Crippen LogP contribution in [0, 0.1) is 5.92 Å².